The summed E-state index contributed by atoms with van der Waals surface area (Å²) in [5, 5.41) is -0.223. The van der Waals surface area contributed by atoms with Crippen molar-refractivity contribution in [1.29, 1.82) is 0 Å². The molecule has 0 aliphatic heterocycles. The number of aldehydes is 1. The van der Waals surface area contributed by atoms with Crippen LogP contribution in [0.5, 0.6) is 0 Å². The third-order valence-corrected chi connectivity index (χ3v) is 2.60. The van der Waals surface area contributed by atoms with Crippen molar-refractivity contribution in [2.75, 3.05) is 0 Å². The normalized spacial score (nSPS) is 10.5. The summed E-state index contributed by atoms with van der Waals surface area (Å²) < 4.78 is 24.8. The van der Waals surface area contributed by atoms with E-state index in [1.807, 2.05) is 0 Å². The second-order valence-corrected chi connectivity index (χ2v) is 3.28. The number of pyridine rings is 1. The molecule has 0 aliphatic rings. The molecule has 13 heavy (non-hydrogen) atoms. The molecule has 0 aliphatic carbocycles. The van der Waals surface area contributed by atoms with Gasteiger partial charge in [0.1, 0.15) is 4.60 Å². The van der Waals surface area contributed by atoms with E-state index in [-0.39, 0.29) is 15.2 Å². The molecule has 1 aromatic heterocycles. The first-order valence-electron chi connectivity index (χ1n) is 3.15. The molecule has 0 spiro atoms. The zero-order chi connectivity index (χ0) is 10.0. The fourth-order valence-electron chi connectivity index (χ4n) is 0.806. The number of rotatable bonds is 2. The number of nitrogens with zero attached hydrogens (tertiary/aromatic N) is 1. The molecule has 0 saturated carbocycles. The first kappa shape index (κ1) is 10.5. The second kappa shape index (κ2) is 4.11. The van der Waals surface area contributed by atoms with Crippen molar-refractivity contribution in [2.45, 2.75) is 6.43 Å². The van der Waals surface area contributed by atoms with Gasteiger partial charge >= 0.3 is 0 Å². The van der Waals surface area contributed by atoms with Crippen molar-refractivity contribution >= 4 is 33.8 Å². The summed E-state index contributed by atoms with van der Waals surface area (Å²) >= 11 is 8.41. The Balaban J connectivity index is 3.41. The molecule has 0 N–H and O–H groups in total. The van der Waals surface area contributed by atoms with E-state index in [1.54, 1.807) is 0 Å². The van der Waals surface area contributed by atoms with E-state index in [1.165, 1.54) is 0 Å². The summed E-state index contributed by atoms with van der Waals surface area (Å²) in [5.41, 5.74) is -0.679. The van der Waals surface area contributed by atoms with Crippen LogP contribution in [0, 0.1) is 0 Å². The van der Waals surface area contributed by atoms with E-state index < -0.39 is 12.0 Å². The highest BCUT2D eigenvalue weighted by atomic mass is 79.9. The molecule has 1 heterocycles. The molecule has 6 heteroatoms. The Bertz CT molecular complexity index is 346. The fraction of sp³-hybridized carbons (Fsp3) is 0.143. The van der Waals surface area contributed by atoms with Crippen LogP contribution in [0.25, 0.3) is 0 Å². The molecule has 0 radical (unpaired) electrons. The van der Waals surface area contributed by atoms with Gasteiger partial charge in [0.2, 0.25) is 0 Å². The maximum absolute atomic E-state index is 12.4. The summed E-state index contributed by atoms with van der Waals surface area (Å²) in [6, 6.07) is 0. The van der Waals surface area contributed by atoms with Gasteiger partial charge in [0.05, 0.1) is 10.6 Å². The van der Waals surface area contributed by atoms with Crippen LogP contribution in [0.2, 0.25) is 5.02 Å². The second-order valence-electron chi connectivity index (χ2n) is 2.15. The molecule has 0 saturated heterocycles. The van der Waals surface area contributed by atoms with Gasteiger partial charge < -0.3 is 0 Å². The Morgan fingerprint density at radius 3 is 2.69 bits per heavy atom. The molecule has 2 nitrogen and oxygen atoms in total. The monoisotopic (exact) mass is 269 g/mol. The summed E-state index contributed by atoms with van der Waals surface area (Å²) in [4.78, 5) is 14.0. The number of hydrogen-bond donors (Lipinski definition) is 0. The fourth-order valence-corrected chi connectivity index (χ4v) is 1.36. The van der Waals surface area contributed by atoms with Crippen LogP contribution in [0.3, 0.4) is 0 Å². The van der Waals surface area contributed by atoms with Crippen LogP contribution in [-0.4, -0.2) is 11.3 Å². The molecule has 0 bridgehead atoms. The average Bonchev–Trinajstić information content (AvgIpc) is 2.08. The lowest BCUT2D eigenvalue weighted by molar-refractivity contribution is 0.110. The highest BCUT2D eigenvalue weighted by Gasteiger charge is 2.19. The summed E-state index contributed by atoms with van der Waals surface area (Å²) in [5.74, 6) is 0. The number of alkyl halides is 2. The van der Waals surface area contributed by atoms with E-state index in [0.29, 0.717) is 6.29 Å². The van der Waals surface area contributed by atoms with Crippen molar-refractivity contribution < 1.29 is 13.6 Å². The first-order valence-corrected chi connectivity index (χ1v) is 4.32. The van der Waals surface area contributed by atoms with Crippen LogP contribution >= 0.6 is 27.5 Å². The van der Waals surface area contributed by atoms with Crippen LogP contribution in [0.15, 0.2) is 10.8 Å². The van der Waals surface area contributed by atoms with E-state index in [9.17, 15) is 13.6 Å². The van der Waals surface area contributed by atoms with Gasteiger partial charge in [0.25, 0.3) is 6.43 Å². The van der Waals surface area contributed by atoms with Gasteiger partial charge in [-0.25, -0.2) is 13.8 Å². The average molecular weight is 270 g/mol. The van der Waals surface area contributed by atoms with E-state index >= 15 is 0 Å². The maximum Gasteiger partial charge on any atom is 0.266 e. The molecular formula is C7H3BrClF2NO. The standard InChI is InChI=1S/C7H3BrClF2NO/c8-6-5(9)4(7(10)11)3(2-13)1-12-6/h1-2,7H. The lowest BCUT2D eigenvalue weighted by Crippen LogP contribution is -1.97. The lowest BCUT2D eigenvalue weighted by atomic mass is 10.1. The quantitative estimate of drug-likeness (QED) is 0.610. The molecule has 0 amide bonds. The predicted molar refractivity (Wildman–Crippen MR) is 47.3 cm³/mol. The zero-order valence-corrected chi connectivity index (χ0v) is 8.44. The van der Waals surface area contributed by atoms with Gasteiger partial charge in [-0.05, 0) is 15.9 Å². The topological polar surface area (TPSA) is 30.0 Å². The number of carbonyl (C=O) groups excluding carboxylic acids is 1. The van der Waals surface area contributed by atoms with Gasteiger partial charge in [0.15, 0.2) is 6.29 Å². The molecule has 1 rings (SSSR count). The van der Waals surface area contributed by atoms with Gasteiger partial charge in [0, 0.05) is 11.8 Å². The Hall–Kier alpha value is -0.550. The van der Waals surface area contributed by atoms with Crippen molar-refractivity contribution in [2.24, 2.45) is 0 Å². The number of aromatic nitrogens is 1. The van der Waals surface area contributed by atoms with Crippen LogP contribution in [-0.2, 0) is 0 Å². The van der Waals surface area contributed by atoms with Gasteiger partial charge in [-0.3, -0.25) is 4.79 Å². The molecule has 0 unspecified atom stereocenters. The van der Waals surface area contributed by atoms with E-state index in [2.05, 4.69) is 20.9 Å². The van der Waals surface area contributed by atoms with E-state index in [0.717, 1.165) is 6.20 Å². The minimum atomic E-state index is -2.79. The van der Waals surface area contributed by atoms with Crippen molar-refractivity contribution in [1.82, 2.24) is 4.98 Å². The third-order valence-electron chi connectivity index (χ3n) is 1.39. The highest BCUT2D eigenvalue weighted by molar-refractivity contribution is 9.10. The Morgan fingerprint density at radius 1 is 1.62 bits per heavy atom. The van der Waals surface area contributed by atoms with Crippen molar-refractivity contribution in [3.05, 3.63) is 26.9 Å². The van der Waals surface area contributed by atoms with Crippen molar-refractivity contribution in [3.8, 4) is 0 Å². The van der Waals surface area contributed by atoms with E-state index in [4.69, 9.17) is 11.6 Å². The number of halogens is 4. The zero-order valence-electron chi connectivity index (χ0n) is 6.10. The molecule has 1 aromatic rings. The molecule has 70 valence electrons. The maximum atomic E-state index is 12.4. The Kier molecular flexibility index (Phi) is 3.33. The minimum Gasteiger partial charge on any atom is -0.298 e. The summed E-state index contributed by atoms with van der Waals surface area (Å²) in [7, 11) is 0. The van der Waals surface area contributed by atoms with Crippen LogP contribution in [0.4, 0.5) is 8.78 Å². The van der Waals surface area contributed by atoms with Crippen LogP contribution in [0.1, 0.15) is 22.3 Å². The molecular weight excluding hydrogens is 267 g/mol. The highest BCUT2D eigenvalue weighted by Crippen LogP contribution is 2.33. The summed E-state index contributed by atoms with van der Waals surface area (Å²) in [6.45, 7) is 0. The smallest absolute Gasteiger partial charge is 0.266 e. The Morgan fingerprint density at radius 2 is 2.23 bits per heavy atom. The third kappa shape index (κ3) is 2.03. The molecule has 0 aromatic carbocycles. The summed E-state index contributed by atoms with van der Waals surface area (Å²) in [6.07, 6.45) is -1.44. The number of carbonyl (C=O) groups is 1. The molecule has 0 atom stereocenters. The van der Waals surface area contributed by atoms with Gasteiger partial charge in [-0.15, -0.1) is 0 Å². The van der Waals surface area contributed by atoms with Crippen LogP contribution < -0.4 is 0 Å². The Labute approximate surface area is 86.0 Å². The van der Waals surface area contributed by atoms with Gasteiger partial charge in [-0.2, -0.15) is 0 Å². The largest absolute Gasteiger partial charge is 0.298 e. The van der Waals surface area contributed by atoms with Crippen molar-refractivity contribution in [3.63, 3.8) is 0 Å². The first-order chi connectivity index (χ1) is 6.07. The molecule has 0 fully saturated rings. The lowest BCUT2D eigenvalue weighted by Gasteiger charge is -2.06. The van der Waals surface area contributed by atoms with Gasteiger partial charge in [-0.1, -0.05) is 11.6 Å². The SMILES string of the molecule is O=Cc1cnc(Br)c(Cl)c1C(F)F. The number of hydrogen-bond acceptors (Lipinski definition) is 2. The minimum absolute atomic E-state index is 0.107. The predicted octanol–water partition coefficient (Wildman–Crippen LogP) is 3.25.